The third-order valence-corrected chi connectivity index (χ3v) is 3.16. The Kier molecular flexibility index (Phi) is 2.05. The van der Waals surface area contributed by atoms with Crippen LogP contribution in [0.3, 0.4) is 0 Å². The molecule has 1 aliphatic heterocycles. The van der Waals surface area contributed by atoms with E-state index in [1.54, 1.807) is 10.5 Å². The van der Waals surface area contributed by atoms with E-state index in [1.165, 1.54) is 12.3 Å². The van der Waals surface area contributed by atoms with Crippen LogP contribution in [0.15, 0.2) is 18.3 Å². The van der Waals surface area contributed by atoms with Crippen molar-refractivity contribution in [2.24, 2.45) is 0 Å². The second-order valence-electron chi connectivity index (χ2n) is 4.26. The number of hydrogen-bond donors (Lipinski definition) is 0. The molecule has 84 valence electrons. The standard InChI is InChI=1S/C11H13FN4/c1-8-3-2-6-15(8)11-14-13-10-5-4-9(12)7-16(10)11/h4-5,7-8H,2-3,6H2,1H3/t8-/m0/s1. The molecule has 0 amide bonds. The molecule has 4 nitrogen and oxygen atoms in total. The maximum Gasteiger partial charge on any atom is 0.232 e. The minimum absolute atomic E-state index is 0.264. The molecule has 0 radical (unpaired) electrons. The summed E-state index contributed by atoms with van der Waals surface area (Å²) in [7, 11) is 0. The van der Waals surface area contributed by atoms with E-state index in [0.29, 0.717) is 11.7 Å². The van der Waals surface area contributed by atoms with Gasteiger partial charge in [0.25, 0.3) is 0 Å². The van der Waals surface area contributed by atoms with Gasteiger partial charge in [0.15, 0.2) is 5.65 Å². The van der Waals surface area contributed by atoms with Gasteiger partial charge >= 0.3 is 0 Å². The smallest absolute Gasteiger partial charge is 0.232 e. The lowest BCUT2D eigenvalue weighted by Gasteiger charge is -2.20. The van der Waals surface area contributed by atoms with Gasteiger partial charge in [-0.2, -0.15) is 0 Å². The summed E-state index contributed by atoms with van der Waals surface area (Å²) in [5.41, 5.74) is 0.690. The predicted molar refractivity (Wildman–Crippen MR) is 59.0 cm³/mol. The number of nitrogens with zero attached hydrogens (tertiary/aromatic N) is 4. The molecular weight excluding hydrogens is 207 g/mol. The van der Waals surface area contributed by atoms with Gasteiger partial charge in [0.2, 0.25) is 5.95 Å². The van der Waals surface area contributed by atoms with Gasteiger partial charge in [-0.05, 0) is 31.9 Å². The summed E-state index contributed by atoms with van der Waals surface area (Å²) in [6.45, 7) is 3.13. The van der Waals surface area contributed by atoms with Crippen molar-refractivity contribution in [3.05, 3.63) is 24.1 Å². The van der Waals surface area contributed by atoms with Gasteiger partial charge in [-0.3, -0.25) is 4.40 Å². The largest absolute Gasteiger partial charge is 0.338 e. The molecule has 0 spiro atoms. The number of fused-ring (bicyclic) bond motifs is 1. The fraction of sp³-hybridized carbons (Fsp3) is 0.455. The molecule has 16 heavy (non-hydrogen) atoms. The summed E-state index contributed by atoms with van der Waals surface area (Å²) in [4.78, 5) is 2.18. The van der Waals surface area contributed by atoms with Gasteiger partial charge in [0.05, 0.1) is 0 Å². The van der Waals surface area contributed by atoms with E-state index < -0.39 is 0 Å². The fourth-order valence-electron chi connectivity index (χ4n) is 2.28. The van der Waals surface area contributed by atoms with Crippen LogP contribution in [-0.2, 0) is 0 Å². The first-order valence-electron chi connectivity index (χ1n) is 5.52. The zero-order valence-corrected chi connectivity index (χ0v) is 9.10. The van der Waals surface area contributed by atoms with Gasteiger partial charge < -0.3 is 4.90 Å². The molecule has 0 saturated carbocycles. The second-order valence-corrected chi connectivity index (χ2v) is 4.26. The molecule has 2 aromatic rings. The molecule has 0 N–H and O–H groups in total. The number of hydrogen-bond acceptors (Lipinski definition) is 3. The number of aromatic nitrogens is 3. The van der Waals surface area contributed by atoms with Crippen LogP contribution in [0.1, 0.15) is 19.8 Å². The summed E-state index contributed by atoms with van der Waals surface area (Å²) in [6.07, 6.45) is 3.76. The Morgan fingerprint density at radius 2 is 2.25 bits per heavy atom. The van der Waals surface area contributed by atoms with Crippen molar-refractivity contribution in [2.45, 2.75) is 25.8 Å². The van der Waals surface area contributed by atoms with E-state index in [-0.39, 0.29) is 5.82 Å². The third kappa shape index (κ3) is 1.35. The van der Waals surface area contributed by atoms with Crippen molar-refractivity contribution in [2.75, 3.05) is 11.4 Å². The summed E-state index contributed by atoms with van der Waals surface area (Å²) in [5.74, 6) is 0.486. The van der Waals surface area contributed by atoms with Gasteiger partial charge in [-0.25, -0.2) is 4.39 Å². The van der Waals surface area contributed by atoms with E-state index in [0.717, 1.165) is 25.3 Å². The van der Waals surface area contributed by atoms with Crippen molar-refractivity contribution in [3.63, 3.8) is 0 Å². The molecule has 5 heteroatoms. The van der Waals surface area contributed by atoms with Crippen LogP contribution in [0.5, 0.6) is 0 Å². The minimum Gasteiger partial charge on any atom is -0.338 e. The lowest BCUT2D eigenvalue weighted by atomic mass is 10.2. The van der Waals surface area contributed by atoms with E-state index >= 15 is 0 Å². The van der Waals surface area contributed by atoms with Crippen molar-refractivity contribution in [3.8, 4) is 0 Å². The van der Waals surface area contributed by atoms with Gasteiger partial charge in [-0.1, -0.05) is 0 Å². The monoisotopic (exact) mass is 220 g/mol. The maximum absolute atomic E-state index is 13.2. The molecule has 1 aliphatic rings. The highest BCUT2D eigenvalue weighted by Gasteiger charge is 2.24. The Hall–Kier alpha value is -1.65. The lowest BCUT2D eigenvalue weighted by Crippen LogP contribution is -2.28. The van der Waals surface area contributed by atoms with Gasteiger partial charge in [-0.15, -0.1) is 10.2 Å². The van der Waals surface area contributed by atoms with Crippen molar-refractivity contribution >= 4 is 11.6 Å². The molecule has 0 aromatic carbocycles. The van der Waals surface area contributed by atoms with E-state index in [1.807, 2.05) is 0 Å². The van der Waals surface area contributed by atoms with Crippen molar-refractivity contribution < 1.29 is 4.39 Å². The van der Waals surface area contributed by atoms with Crippen molar-refractivity contribution in [1.82, 2.24) is 14.6 Å². The first-order valence-corrected chi connectivity index (χ1v) is 5.52. The topological polar surface area (TPSA) is 33.4 Å². The summed E-state index contributed by atoms with van der Waals surface area (Å²) < 4.78 is 14.9. The second kappa shape index (κ2) is 3.43. The SMILES string of the molecule is C[C@H]1CCCN1c1nnc2ccc(F)cn12. The van der Waals surface area contributed by atoms with Crippen LogP contribution in [0, 0.1) is 5.82 Å². The number of anilines is 1. The van der Waals surface area contributed by atoms with E-state index in [2.05, 4.69) is 22.0 Å². The lowest BCUT2D eigenvalue weighted by molar-refractivity contribution is 0.617. The average Bonchev–Trinajstić information content (AvgIpc) is 2.83. The Morgan fingerprint density at radius 3 is 3.00 bits per heavy atom. The first kappa shape index (κ1) is 9.57. The van der Waals surface area contributed by atoms with Gasteiger partial charge in [0, 0.05) is 18.8 Å². The molecule has 0 unspecified atom stereocenters. The predicted octanol–water partition coefficient (Wildman–Crippen LogP) is 1.86. The Morgan fingerprint density at radius 1 is 1.38 bits per heavy atom. The molecule has 0 bridgehead atoms. The molecule has 3 heterocycles. The highest BCUT2D eigenvalue weighted by molar-refractivity contribution is 5.47. The highest BCUT2D eigenvalue weighted by atomic mass is 19.1. The molecule has 1 atom stereocenters. The Balaban J connectivity index is 2.12. The first-order chi connectivity index (χ1) is 7.75. The zero-order chi connectivity index (χ0) is 11.1. The summed E-state index contributed by atoms with van der Waals surface area (Å²) in [5, 5.41) is 8.18. The molecule has 0 aliphatic carbocycles. The van der Waals surface area contributed by atoms with E-state index in [4.69, 9.17) is 0 Å². The zero-order valence-electron chi connectivity index (χ0n) is 9.10. The molecule has 2 aromatic heterocycles. The van der Waals surface area contributed by atoms with E-state index in [9.17, 15) is 4.39 Å². The molecular formula is C11H13FN4. The maximum atomic E-state index is 13.2. The highest BCUT2D eigenvalue weighted by Crippen LogP contribution is 2.24. The number of rotatable bonds is 1. The van der Waals surface area contributed by atoms with Crippen LogP contribution >= 0.6 is 0 Å². The minimum atomic E-state index is -0.264. The summed E-state index contributed by atoms with van der Waals surface area (Å²) >= 11 is 0. The van der Waals surface area contributed by atoms with Crippen LogP contribution in [-0.4, -0.2) is 27.2 Å². The van der Waals surface area contributed by atoms with Crippen LogP contribution in [0.2, 0.25) is 0 Å². The van der Waals surface area contributed by atoms with Crippen molar-refractivity contribution in [1.29, 1.82) is 0 Å². The number of halogens is 1. The number of pyridine rings is 1. The van der Waals surface area contributed by atoms with Gasteiger partial charge in [0.1, 0.15) is 5.82 Å². The average molecular weight is 220 g/mol. The third-order valence-electron chi connectivity index (χ3n) is 3.16. The Labute approximate surface area is 92.7 Å². The summed E-state index contributed by atoms with van der Waals surface area (Å²) in [6, 6.07) is 3.50. The molecule has 1 fully saturated rings. The normalized spacial score (nSPS) is 20.9. The Bertz CT molecular complexity index is 522. The molecule has 3 rings (SSSR count). The van der Waals surface area contributed by atoms with Crippen LogP contribution in [0.4, 0.5) is 10.3 Å². The fourth-order valence-corrected chi connectivity index (χ4v) is 2.28. The quantitative estimate of drug-likeness (QED) is 0.735. The molecule has 1 saturated heterocycles. The van der Waals surface area contributed by atoms with Crippen LogP contribution < -0.4 is 4.90 Å². The van der Waals surface area contributed by atoms with Crippen LogP contribution in [0.25, 0.3) is 5.65 Å².